The zero-order valence-electron chi connectivity index (χ0n) is 15.1. The van der Waals surface area contributed by atoms with Gasteiger partial charge in [-0.2, -0.15) is 0 Å². The second-order valence-corrected chi connectivity index (χ2v) is 7.22. The maximum absolute atomic E-state index is 13.1. The van der Waals surface area contributed by atoms with Crippen molar-refractivity contribution in [2.45, 2.75) is 18.4 Å². The van der Waals surface area contributed by atoms with Crippen LogP contribution in [0.3, 0.4) is 0 Å². The third kappa shape index (κ3) is 3.62. The normalized spacial score (nSPS) is 21.9. The van der Waals surface area contributed by atoms with Crippen molar-refractivity contribution in [1.82, 2.24) is 15.1 Å². The summed E-state index contributed by atoms with van der Waals surface area (Å²) in [5.74, 6) is -0.0633. The molecule has 8 nitrogen and oxygen atoms in total. The number of fused-ring (bicyclic) bond motifs is 1. The number of ether oxygens (including phenoxy) is 2. The molecule has 1 aromatic rings. The molecule has 2 saturated heterocycles. The lowest BCUT2D eigenvalue weighted by molar-refractivity contribution is -0.139. The summed E-state index contributed by atoms with van der Waals surface area (Å²) in [6.07, 6.45) is 1.32. The molecule has 1 N–H and O–H groups in total. The first-order valence-corrected chi connectivity index (χ1v) is 9.26. The Hall–Kier alpha value is -2.61. The fraction of sp³-hybridized carbons (Fsp3) is 0.526. The Kier molecular flexibility index (Phi) is 4.73. The summed E-state index contributed by atoms with van der Waals surface area (Å²) in [5, 5.41) is 2.70. The summed E-state index contributed by atoms with van der Waals surface area (Å²) < 4.78 is 11.8. The molecule has 3 aliphatic rings. The largest absolute Gasteiger partial charge is 0.484 e. The zero-order valence-corrected chi connectivity index (χ0v) is 15.1. The van der Waals surface area contributed by atoms with Crippen molar-refractivity contribution >= 4 is 17.7 Å². The lowest BCUT2D eigenvalue weighted by Crippen LogP contribution is -2.55. The van der Waals surface area contributed by atoms with E-state index in [9.17, 15) is 14.4 Å². The molecule has 0 atom stereocenters. The monoisotopic (exact) mass is 373 g/mol. The molecule has 0 bridgehead atoms. The number of piperazine rings is 1. The Labute approximate surface area is 157 Å². The number of benzene rings is 1. The Morgan fingerprint density at radius 3 is 2.74 bits per heavy atom. The molecule has 3 heterocycles. The SMILES string of the molecule is O=C1CN(C(=O)CN2CC3(CCOCC3)Oc3ccccc3C2=O)CCN1. The van der Waals surface area contributed by atoms with E-state index in [0.717, 1.165) is 0 Å². The van der Waals surface area contributed by atoms with Crippen molar-refractivity contribution in [2.75, 3.05) is 45.9 Å². The smallest absolute Gasteiger partial charge is 0.258 e. The predicted molar refractivity (Wildman–Crippen MR) is 95.3 cm³/mol. The number of carbonyl (C=O) groups excluding carboxylic acids is 3. The summed E-state index contributed by atoms with van der Waals surface area (Å²) in [6.45, 7) is 2.31. The summed E-state index contributed by atoms with van der Waals surface area (Å²) in [7, 11) is 0. The molecule has 3 amide bonds. The van der Waals surface area contributed by atoms with Crippen LogP contribution in [0.15, 0.2) is 24.3 Å². The van der Waals surface area contributed by atoms with E-state index < -0.39 is 5.60 Å². The highest BCUT2D eigenvalue weighted by molar-refractivity contribution is 5.99. The summed E-state index contributed by atoms with van der Waals surface area (Å²) >= 11 is 0. The highest BCUT2D eigenvalue weighted by Gasteiger charge is 2.42. The van der Waals surface area contributed by atoms with E-state index in [1.54, 1.807) is 23.1 Å². The molecule has 0 saturated carbocycles. The molecular weight excluding hydrogens is 350 g/mol. The van der Waals surface area contributed by atoms with Gasteiger partial charge in [-0.3, -0.25) is 14.4 Å². The number of hydrogen-bond donors (Lipinski definition) is 1. The highest BCUT2D eigenvalue weighted by Crippen LogP contribution is 2.34. The van der Waals surface area contributed by atoms with Gasteiger partial charge in [0, 0.05) is 25.9 Å². The summed E-state index contributed by atoms with van der Waals surface area (Å²) in [6, 6.07) is 7.15. The number of amides is 3. The van der Waals surface area contributed by atoms with Crippen LogP contribution in [0.2, 0.25) is 0 Å². The topological polar surface area (TPSA) is 88.2 Å². The average Bonchev–Trinajstić information content (AvgIpc) is 2.78. The third-order valence-corrected chi connectivity index (χ3v) is 5.33. The number of nitrogens with zero attached hydrogens (tertiary/aromatic N) is 2. The minimum atomic E-state index is -0.555. The van der Waals surface area contributed by atoms with Gasteiger partial charge in [0.15, 0.2) is 0 Å². The van der Waals surface area contributed by atoms with Gasteiger partial charge in [0.2, 0.25) is 11.8 Å². The van der Waals surface area contributed by atoms with Crippen LogP contribution in [0.5, 0.6) is 5.75 Å². The molecule has 1 spiro atoms. The Bertz CT molecular complexity index is 759. The number of rotatable bonds is 2. The highest BCUT2D eigenvalue weighted by atomic mass is 16.5. The van der Waals surface area contributed by atoms with Gasteiger partial charge in [-0.25, -0.2) is 0 Å². The molecule has 0 aromatic heterocycles. The molecule has 1 aromatic carbocycles. The molecule has 0 unspecified atom stereocenters. The van der Waals surface area contributed by atoms with Crippen LogP contribution in [-0.4, -0.2) is 79.1 Å². The lowest BCUT2D eigenvalue weighted by Gasteiger charge is -2.39. The molecule has 4 rings (SSSR count). The van der Waals surface area contributed by atoms with Crippen molar-refractivity contribution in [3.05, 3.63) is 29.8 Å². The van der Waals surface area contributed by atoms with Gasteiger partial charge in [-0.1, -0.05) is 12.1 Å². The minimum absolute atomic E-state index is 0.0347. The van der Waals surface area contributed by atoms with Crippen molar-refractivity contribution in [2.24, 2.45) is 0 Å². The third-order valence-electron chi connectivity index (χ3n) is 5.33. The van der Waals surface area contributed by atoms with Gasteiger partial charge in [0.1, 0.15) is 17.9 Å². The van der Waals surface area contributed by atoms with Crippen molar-refractivity contribution in [3.8, 4) is 5.75 Å². The second-order valence-electron chi connectivity index (χ2n) is 7.22. The van der Waals surface area contributed by atoms with E-state index in [0.29, 0.717) is 57.0 Å². The minimum Gasteiger partial charge on any atom is -0.484 e. The van der Waals surface area contributed by atoms with Crippen LogP contribution in [0.4, 0.5) is 0 Å². The van der Waals surface area contributed by atoms with E-state index in [1.807, 2.05) is 6.07 Å². The Morgan fingerprint density at radius 1 is 1.19 bits per heavy atom. The van der Waals surface area contributed by atoms with Crippen LogP contribution in [-0.2, 0) is 14.3 Å². The fourth-order valence-electron chi connectivity index (χ4n) is 3.83. The number of carbonyl (C=O) groups is 3. The first kappa shape index (κ1) is 17.8. The van der Waals surface area contributed by atoms with E-state index in [1.165, 1.54) is 4.90 Å². The van der Waals surface area contributed by atoms with E-state index in [-0.39, 0.29) is 30.8 Å². The predicted octanol–water partition coefficient (Wildman–Crippen LogP) is 0.0288. The van der Waals surface area contributed by atoms with Gasteiger partial charge in [-0.05, 0) is 12.1 Å². The quantitative estimate of drug-likeness (QED) is 0.790. The molecule has 0 aliphatic carbocycles. The zero-order chi connectivity index (χ0) is 18.9. The second kappa shape index (κ2) is 7.19. The molecule has 144 valence electrons. The van der Waals surface area contributed by atoms with Gasteiger partial charge < -0.3 is 24.6 Å². The molecule has 8 heteroatoms. The van der Waals surface area contributed by atoms with Crippen molar-refractivity contribution in [1.29, 1.82) is 0 Å². The summed E-state index contributed by atoms with van der Waals surface area (Å²) in [4.78, 5) is 40.5. The maximum Gasteiger partial charge on any atom is 0.258 e. The lowest BCUT2D eigenvalue weighted by atomic mass is 9.93. The van der Waals surface area contributed by atoms with Crippen LogP contribution in [0.25, 0.3) is 0 Å². The maximum atomic E-state index is 13.1. The van der Waals surface area contributed by atoms with Crippen molar-refractivity contribution in [3.63, 3.8) is 0 Å². The van der Waals surface area contributed by atoms with Gasteiger partial charge in [0.05, 0.1) is 31.9 Å². The number of hydrogen-bond acceptors (Lipinski definition) is 5. The molecular formula is C19H23N3O5. The molecule has 3 aliphatic heterocycles. The average molecular weight is 373 g/mol. The van der Waals surface area contributed by atoms with E-state index in [2.05, 4.69) is 5.32 Å². The Morgan fingerprint density at radius 2 is 1.96 bits per heavy atom. The first-order valence-electron chi connectivity index (χ1n) is 9.26. The van der Waals surface area contributed by atoms with Crippen molar-refractivity contribution < 1.29 is 23.9 Å². The Balaban J connectivity index is 1.59. The van der Waals surface area contributed by atoms with E-state index >= 15 is 0 Å². The van der Waals surface area contributed by atoms with E-state index in [4.69, 9.17) is 9.47 Å². The number of nitrogens with one attached hydrogen (secondary N) is 1. The fourth-order valence-corrected chi connectivity index (χ4v) is 3.83. The van der Waals surface area contributed by atoms with Gasteiger partial charge >= 0.3 is 0 Å². The standard InChI is InChI=1S/C19H23N3O5/c23-16-11-21(8-7-20-16)17(24)12-22-13-19(5-9-26-10-6-19)27-15-4-2-1-3-14(15)18(22)25/h1-4H,5-13H2,(H,20,23). The summed E-state index contributed by atoms with van der Waals surface area (Å²) in [5.41, 5.74) is -0.0925. The molecule has 0 radical (unpaired) electrons. The molecule has 2 fully saturated rings. The van der Waals surface area contributed by atoms with Crippen LogP contribution < -0.4 is 10.1 Å². The number of para-hydroxylation sites is 1. The van der Waals surface area contributed by atoms with Crippen LogP contribution >= 0.6 is 0 Å². The first-order chi connectivity index (χ1) is 13.1. The van der Waals surface area contributed by atoms with Crippen LogP contribution in [0.1, 0.15) is 23.2 Å². The molecule has 27 heavy (non-hydrogen) atoms. The van der Waals surface area contributed by atoms with Crippen LogP contribution in [0, 0.1) is 0 Å². The van der Waals surface area contributed by atoms with Gasteiger partial charge in [-0.15, -0.1) is 0 Å². The van der Waals surface area contributed by atoms with Gasteiger partial charge in [0.25, 0.3) is 5.91 Å².